The molecule has 88 valence electrons. The first-order chi connectivity index (χ1) is 8.22. The summed E-state index contributed by atoms with van der Waals surface area (Å²) in [7, 11) is 1.64. The Labute approximate surface area is 105 Å². The Hall–Kier alpha value is -1.52. The summed E-state index contributed by atoms with van der Waals surface area (Å²) in [5.74, 6) is 0.752. The minimum absolute atomic E-state index is 0.434. The van der Waals surface area contributed by atoms with Gasteiger partial charge in [0.1, 0.15) is 17.1 Å². The zero-order valence-electron chi connectivity index (χ0n) is 9.86. The number of aromatic amines is 1. The first-order valence-corrected chi connectivity index (χ1v) is 5.77. The van der Waals surface area contributed by atoms with E-state index in [9.17, 15) is 0 Å². The highest BCUT2D eigenvalue weighted by Gasteiger charge is 2.06. The van der Waals surface area contributed by atoms with Crippen LogP contribution in [0.25, 0.3) is 11.3 Å². The van der Waals surface area contributed by atoms with E-state index in [4.69, 9.17) is 17.0 Å². The van der Waals surface area contributed by atoms with E-state index in [1.807, 2.05) is 37.3 Å². The molecular formula is C13H14N2OS. The fourth-order valence-corrected chi connectivity index (χ4v) is 1.89. The number of benzene rings is 1. The molecule has 0 saturated carbocycles. The summed E-state index contributed by atoms with van der Waals surface area (Å²) in [5, 5.41) is 0. The average Bonchev–Trinajstić information content (AvgIpc) is 2.35. The highest BCUT2D eigenvalue weighted by Crippen LogP contribution is 2.21. The van der Waals surface area contributed by atoms with Crippen molar-refractivity contribution in [1.29, 1.82) is 0 Å². The van der Waals surface area contributed by atoms with E-state index in [2.05, 4.69) is 9.97 Å². The average molecular weight is 246 g/mol. The van der Waals surface area contributed by atoms with Gasteiger partial charge in [-0.25, -0.2) is 4.98 Å². The number of aromatic nitrogens is 2. The number of hydrogen-bond acceptors (Lipinski definition) is 3. The SMILES string of the molecule is COCc1nc(=S)c(C)c(-c2ccccc2)[nH]1. The van der Waals surface area contributed by atoms with Crippen molar-refractivity contribution in [2.45, 2.75) is 13.5 Å². The molecule has 0 fully saturated rings. The molecule has 17 heavy (non-hydrogen) atoms. The summed E-state index contributed by atoms with van der Waals surface area (Å²) in [4.78, 5) is 7.55. The molecule has 1 aromatic heterocycles. The smallest absolute Gasteiger partial charge is 0.134 e. The van der Waals surface area contributed by atoms with Crippen LogP contribution >= 0.6 is 12.2 Å². The van der Waals surface area contributed by atoms with Crippen molar-refractivity contribution < 1.29 is 4.74 Å². The molecule has 1 aromatic carbocycles. The van der Waals surface area contributed by atoms with Crippen LogP contribution in [0.3, 0.4) is 0 Å². The highest BCUT2D eigenvalue weighted by molar-refractivity contribution is 7.71. The Morgan fingerprint density at radius 3 is 2.65 bits per heavy atom. The number of nitrogens with zero attached hydrogens (tertiary/aromatic N) is 1. The van der Waals surface area contributed by atoms with Crippen LogP contribution < -0.4 is 0 Å². The van der Waals surface area contributed by atoms with Gasteiger partial charge in [0.25, 0.3) is 0 Å². The van der Waals surface area contributed by atoms with E-state index in [0.717, 1.165) is 22.6 Å². The normalized spacial score (nSPS) is 10.5. The summed E-state index contributed by atoms with van der Waals surface area (Å²) in [6.45, 7) is 2.41. The van der Waals surface area contributed by atoms with E-state index in [0.29, 0.717) is 11.2 Å². The van der Waals surface area contributed by atoms with Crippen molar-refractivity contribution in [2.24, 2.45) is 0 Å². The molecule has 0 aliphatic carbocycles. The third-order valence-corrected chi connectivity index (χ3v) is 2.94. The lowest BCUT2D eigenvalue weighted by Crippen LogP contribution is -2.01. The topological polar surface area (TPSA) is 37.9 Å². The minimum Gasteiger partial charge on any atom is -0.377 e. The zero-order chi connectivity index (χ0) is 12.3. The van der Waals surface area contributed by atoms with Crippen LogP contribution in [0.4, 0.5) is 0 Å². The summed E-state index contributed by atoms with van der Waals surface area (Å²) in [6.07, 6.45) is 0. The van der Waals surface area contributed by atoms with Crippen LogP contribution in [0.2, 0.25) is 0 Å². The van der Waals surface area contributed by atoms with Crippen LogP contribution in [0, 0.1) is 11.6 Å². The molecule has 0 radical (unpaired) electrons. The molecule has 0 unspecified atom stereocenters. The van der Waals surface area contributed by atoms with Gasteiger partial charge >= 0.3 is 0 Å². The molecule has 4 heteroatoms. The van der Waals surface area contributed by atoms with Gasteiger partial charge in [0.05, 0.1) is 5.69 Å². The van der Waals surface area contributed by atoms with Crippen molar-refractivity contribution in [3.8, 4) is 11.3 Å². The lowest BCUT2D eigenvalue weighted by molar-refractivity contribution is 0.177. The van der Waals surface area contributed by atoms with Crippen LogP contribution in [-0.2, 0) is 11.3 Å². The molecule has 0 bridgehead atoms. The Balaban J connectivity index is 2.57. The zero-order valence-corrected chi connectivity index (χ0v) is 10.7. The molecule has 0 spiro atoms. The van der Waals surface area contributed by atoms with Gasteiger partial charge < -0.3 is 9.72 Å². The van der Waals surface area contributed by atoms with Crippen LogP contribution in [0.1, 0.15) is 11.4 Å². The molecule has 0 aliphatic heterocycles. The van der Waals surface area contributed by atoms with Crippen molar-refractivity contribution in [2.75, 3.05) is 7.11 Å². The molecule has 0 saturated heterocycles. The number of methoxy groups -OCH3 is 1. The van der Waals surface area contributed by atoms with E-state index in [1.165, 1.54) is 0 Å². The van der Waals surface area contributed by atoms with E-state index < -0.39 is 0 Å². The van der Waals surface area contributed by atoms with Crippen molar-refractivity contribution in [3.63, 3.8) is 0 Å². The van der Waals surface area contributed by atoms with Crippen molar-refractivity contribution >= 4 is 12.2 Å². The molecule has 0 amide bonds. The fourth-order valence-electron chi connectivity index (χ4n) is 1.68. The van der Waals surface area contributed by atoms with Gasteiger partial charge in [-0.1, -0.05) is 42.5 Å². The number of rotatable bonds is 3. The maximum Gasteiger partial charge on any atom is 0.134 e. The van der Waals surface area contributed by atoms with Gasteiger partial charge in [-0.2, -0.15) is 0 Å². The lowest BCUT2D eigenvalue weighted by Gasteiger charge is -2.09. The van der Waals surface area contributed by atoms with E-state index in [1.54, 1.807) is 7.11 Å². The van der Waals surface area contributed by atoms with Gasteiger partial charge in [0.2, 0.25) is 0 Å². The Kier molecular flexibility index (Phi) is 3.66. The van der Waals surface area contributed by atoms with E-state index >= 15 is 0 Å². The molecule has 2 aromatic rings. The Bertz CT molecular complexity index is 563. The maximum absolute atomic E-state index is 5.26. The highest BCUT2D eigenvalue weighted by atomic mass is 32.1. The van der Waals surface area contributed by atoms with Gasteiger partial charge in [-0.3, -0.25) is 0 Å². The van der Waals surface area contributed by atoms with Gasteiger partial charge in [0.15, 0.2) is 0 Å². The molecule has 1 heterocycles. The van der Waals surface area contributed by atoms with Gasteiger partial charge in [-0.15, -0.1) is 0 Å². The molecule has 1 N–H and O–H groups in total. The standard InChI is InChI=1S/C13H14N2OS/c1-9-12(10-6-4-3-5-7-10)14-11(8-16-2)15-13(9)17/h3-7H,8H2,1-2H3,(H,14,15,17). The monoisotopic (exact) mass is 246 g/mol. The van der Waals surface area contributed by atoms with Crippen LogP contribution in [0.5, 0.6) is 0 Å². The third-order valence-electron chi connectivity index (χ3n) is 2.55. The molecule has 2 rings (SSSR count). The molecule has 0 aliphatic rings. The second-order valence-corrected chi connectivity index (χ2v) is 4.17. The lowest BCUT2D eigenvalue weighted by atomic mass is 10.1. The molecular weight excluding hydrogens is 232 g/mol. The van der Waals surface area contributed by atoms with E-state index in [-0.39, 0.29) is 0 Å². The second kappa shape index (κ2) is 5.21. The van der Waals surface area contributed by atoms with Crippen LogP contribution in [-0.4, -0.2) is 17.1 Å². The largest absolute Gasteiger partial charge is 0.377 e. The maximum atomic E-state index is 5.26. The number of H-pyrrole nitrogens is 1. The summed E-state index contributed by atoms with van der Waals surface area (Å²) < 4.78 is 5.69. The minimum atomic E-state index is 0.434. The second-order valence-electron chi connectivity index (χ2n) is 3.79. The molecule has 3 nitrogen and oxygen atoms in total. The number of hydrogen-bond donors (Lipinski definition) is 1. The Morgan fingerprint density at radius 1 is 1.29 bits per heavy atom. The number of ether oxygens (including phenoxy) is 1. The van der Waals surface area contributed by atoms with Gasteiger partial charge in [-0.05, 0) is 12.5 Å². The quantitative estimate of drug-likeness (QED) is 0.845. The first-order valence-electron chi connectivity index (χ1n) is 5.36. The fraction of sp³-hybridized carbons (Fsp3) is 0.231. The molecule has 0 atom stereocenters. The predicted octanol–water partition coefficient (Wildman–Crippen LogP) is 3.26. The number of nitrogens with one attached hydrogen (secondary N) is 1. The predicted molar refractivity (Wildman–Crippen MR) is 70.3 cm³/mol. The summed E-state index contributed by atoms with van der Waals surface area (Å²) >= 11 is 5.26. The van der Waals surface area contributed by atoms with Crippen molar-refractivity contribution in [3.05, 3.63) is 46.4 Å². The summed E-state index contributed by atoms with van der Waals surface area (Å²) in [6, 6.07) is 10.1. The third kappa shape index (κ3) is 2.60. The Morgan fingerprint density at radius 2 is 2.00 bits per heavy atom. The van der Waals surface area contributed by atoms with Crippen LogP contribution in [0.15, 0.2) is 30.3 Å². The first kappa shape index (κ1) is 12.0. The summed E-state index contributed by atoms with van der Waals surface area (Å²) in [5.41, 5.74) is 3.11. The van der Waals surface area contributed by atoms with Gasteiger partial charge in [0, 0.05) is 12.7 Å². The van der Waals surface area contributed by atoms with Crippen molar-refractivity contribution in [1.82, 2.24) is 9.97 Å².